The maximum Gasteiger partial charge on any atom is 0.401 e. The molecule has 174 valence electrons. The van der Waals surface area contributed by atoms with Crippen molar-refractivity contribution in [3.8, 4) is 0 Å². The Hall–Kier alpha value is -3.01. The zero-order chi connectivity index (χ0) is 23.3. The third kappa shape index (κ3) is 6.25. The van der Waals surface area contributed by atoms with Gasteiger partial charge >= 0.3 is 6.18 Å². The Labute approximate surface area is 185 Å². The molecule has 0 spiro atoms. The third-order valence-electron chi connectivity index (χ3n) is 5.28. The van der Waals surface area contributed by atoms with Crippen molar-refractivity contribution in [1.82, 2.24) is 20.2 Å². The van der Waals surface area contributed by atoms with Gasteiger partial charge in [0.05, 0.1) is 12.7 Å². The number of halogens is 3. The van der Waals surface area contributed by atoms with E-state index in [1.54, 1.807) is 11.0 Å². The highest BCUT2D eigenvalue weighted by molar-refractivity contribution is 5.91. The minimum absolute atomic E-state index is 0.0709. The van der Waals surface area contributed by atoms with Crippen LogP contribution in [-0.2, 0) is 6.42 Å². The number of nitrogens with one attached hydrogen (secondary N) is 2. The second kappa shape index (κ2) is 10.1. The molecule has 0 saturated carbocycles. The molecule has 1 unspecified atom stereocenters. The van der Waals surface area contributed by atoms with Crippen molar-refractivity contribution in [2.75, 3.05) is 37.6 Å². The van der Waals surface area contributed by atoms with E-state index >= 15 is 0 Å². The number of aromatic amines is 1. The molecular weight excluding hydrogens is 423 g/mol. The fourth-order valence-electron chi connectivity index (χ4n) is 3.70. The Morgan fingerprint density at radius 2 is 2.09 bits per heavy atom. The molecule has 32 heavy (non-hydrogen) atoms. The Balaban J connectivity index is 1.54. The van der Waals surface area contributed by atoms with Gasteiger partial charge in [-0.15, -0.1) is 0 Å². The van der Waals surface area contributed by atoms with Gasteiger partial charge in [0.15, 0.2) is 0 Å². The van der Waals surface area contributed by atoms with Crippen molar-refractivity contribution in [2.45, 2.75) is 32.5 Å². The fourth-order valence-corrected chi connectivity index (χ4v) is 3.70. The zero-order valence-corrected chi connectivity index (χ0v) is 18.2. The minimum Gasteiger partial charge on any atom is -0.418 e. The van der Waals surface area contributed by atoms with Crippen LogP contribution in [0.4, 0.5) is 19.2 Å². The van der Waals surface area contributed by atoms with Crippen molar-refractivity contribution >= 4 is 18.0 Å². The van der Waals surface area contributed by atoms with Crippen molar-refractivity contribution in [1.29, 1.82) is 0 Å². The molecule has 1 aliphatic rings. The standard InChI is InChI=1S/C22H28F3N5O2/c1-4-5-6-18-16(3)26-12-17(18)11-15(2)28-20(31)19-13-27-21(32-19)30-9-7-29(8-10-30)14-22(23,24)25/h4-6,12-13,15,26H,1,7-11,14H2,2-3H3,(H,28,31)/b6-5-. The normalized spacial score (nSPS) is 16.5. The molecule has 1 fully saturated rings. The Morgan fingerprint density at radius 1 is 1.38 bits per heavy atom. The van der Waals surface area contributed by atoms with Crippen molar-refractivity contribution in [3.63, 3.8) is 0 Å². The number of anilines is 1. The van der Waals surface area contributed by atoms with Gasteiger partial charge < -0.3 is 19.6 Å². The first-order valence-corrected chi connectivity index (χ1v) is 10.4. The molecule has 3 rings (SSSR count). The molecule has 1 atom stereocenters. The van der Waals surface area contributed by atoms with Crippen LogP contribution < -0.4 is 10.2 Å². The van der Waals surface area contributed by atoms with E-state index in [1.807, 2.05) is 32.2 Å². The van der Waals surface area contributed by atoms with Gasteiger partial charge in [-0.2, -0.15) is 13.2 Å². The van der Waals surface area contributed by atoms with Gasteiger partial charge in [0.1, 0.15) is 0 Å². The van der Waals surface area contributed by atoms with Crippen LogP contribution in [-0.4, -0.2) is 65.7 Å². The van der Waals surface area contributed by atoms with Crippen LogP contribution in [0.3, 0.4) is 0 Å². The average Bonchev–Trinajstić information content (AvgIpc) is 3.33. The number of alkyl halides is 3. The molecule has 1 aliphatic heterocycles. The van der Waals surface area contributed by atoms with Crippen molar-refractivity contribution in [3.05, 3.63) is 53.7 Å². The molecule has 10 heteroatoms. The van der Waals surface area contributed by atoms with Crippen LogP contribution >= 0.6 is 0 Å². The number of hydrogen-bond donors (Lipinski definition) is 2. The predicted molar refractivity (Wildman–Crippen MR) is 117 cm³/mol. The molecule has 2 aromatic heterocycles. The van der Waals surface area contributed by atoms with E-state index in [4.69, 9.17) is 4.42 Å². The molecule has 1 amide bonds. The lowest BCUT2D eigenvalue weighted by Gasteiger charge is -2.34. The van der Waals surface area contributed by atoms with Crippen LogP contribution in [0.15, 0.2) is 35.5 Å². The number of rotatable bonds is 8. The summed E-state index contributed by atoms with van der Waals surface area (Å²) in [5, 5.41) is 2.90. The van der Waals surface area contributed by atoms with Gasteiger partial charge in [-0.25, -0.2) is 4.98 Å². The number of aromatic nitrogens is 2. The van der Waals surface area contributed by atoms with Gasteiger partial charge in [0.2, 0.25) is 5.76 Å². The van der Waals surface area contributed by atoms with Crippen LogP contribution in [0.5, 0.6) is 0 Å². The number of aryl methyl sites for hydroxylation is 1. The molecule has 0 radical (unpaired) electrons. The summed E-state index contributed by atoms with van der Waals surface area (Å²) in [4.78, 5) is 23.0. The van der Waals surface area contributed by atoms with Gasteiger partial charge in [-0.05, 0) is 31.4 Å². The van der Waals surface area contributed by atoms with Gasteiger partial charge in [-0.3, -0.25) is 9.69 Å². The van der Waals surface area contributed by atoms with E-state index in [9.17, 15) is 18.0 Å². The topological polar surface area (TPSA) is 77.4 Å². The third-order valence-corrected chi connectivity index (χ3v) is 5.28. The van der Waals surface area contributed by atoms with E-state index in [-0.39, 0.29) is 36.8 Å². The number of hydrogen-bond acceptors (Lipinski definition) is 5. The molecule has 2 N–H and O–H groups in total. The number of nitrogens with zero attached hydrogens (tertiary/aromatic N) is 3. The summed E-state index contributed by atoms with van der Waals surface area (Å²) < 4.78 is 43.2. The first kappa shape index (κ1) is 23.6. The molecule has 0 bridgehead atoms. The zero-order valence-electron chi connectivity index (χ0n) is 18.2. The predicted octanol–water partition coefficient (Wildman–Crippen LogP) is 3.56. The number of amides is 1. The first-order chi connectivity index (χ1) is 15.2. The molecule has 1 saturated heterocycles. The monoisotopic (exact) mass is 451 g/mol. The number of H-pyrrole nitrogens is 1. The molecule has 7 nitrogen and oxygen atoms in total. The highest BCUT2D eigenvalue weighted by Crippen LogP contribution is 2.21. The fraction of sp³-hybridized carbons (Fsp3) is 0.455. The van der Waals surface area contributed by atoms with Gasteiger partial charge in [0.25, 0.3) is 11.9 Å². The van der Waals surface area contributed by atoms with Crippen LogP contribution in [0.2, 0.25) is 0 Å². The molecule has 2 aromatic rings. The Bertz CT molecular complexity index is 955. The minimum atomic E-state index is -4.21. The van der Waals surface area contributed by atoms with Crippen molar-refractivity contribution in [2.24, 2.45) is 0 Å². The smallest absolute Gasteiger partial charge is 0.401 e. The summed E-state index contributed by atoms with van der Waals surface area (Å²) in [5.74, 6) is -0.316. The largest absolute Gasteiger partial charge is 0.418 e. The van der Waals surface area contributed by atoms with E-state index in [0.29, 0.717) is 19.5 Å². The average molecular weight is 451 g/mol. The van der Waals surface area contributed by atoms with Gasteiger partial charge in [-0.1, -0.05) is 24.8 Å². The van der Waals surface area contributed by atoms with Crippen LogP contribution in [0.25, 0.3) is 6.08 Å². The number of allylic oxidation sites excluding steroid dienone is 2. The van der Waals surface area contributed by atoms with Crippen LogP contribution in [0.1, 0.15) is 34.3 Å². The quantitative estimate of drug-likeness (QED) is 0.601. The number of oxazole rings is 1. The van der Waals surface area contributed by atoms with Gasteiger partial charge in [0, 0.05) is 44.1 Å². The van der Waals surface area contributed by atoms with Crippen molar-refractivity contribution < 1.29 is 22.4 Å². The highest BCUT2D eigenvalue weighted by Gasteiger charge is 2.32. The maximum absolute atomic E-state index is 12.6. The molecular formula is C22H28F3N5O2. The summed E-state index contributed by atoms with van der Waals surface area (Å²) in [6.45, 7) is 7.84. The summed E-state index contributed by atoms with van der Waals surface area (Å²) in [7, 11) is 0. The van der Waals surface area contributed by atoms with E-state index in [2.05, 4.69) is 21.9 Å². The molecule has 0 aromatic carbocycles. The Morgan fingerprint density at radius 3 is 2.75 bits per heavy atom. The maximum atomic E-state index is 12.6. The summed E-state index contributed by atoms with van der Waals surface area (Å²) in [6.07, 6.45) is 5.22. The summed E-state index contributed by atoms with van der Waals surface area (Å²) in [5.41, 5.74) is 3.17. The van der Waals surface area contributed by atoms with E-state index in [0.717, 1.165) is 16.8 Å². The Kier molecular flexibility index (Phi) is 7.44. The lowest BCUT2D eigenvalue weighted by molar-refractivity contribution is -0.146. The van der Waals surface area contributed by atoms with Crippen LogP contribution in [0, 0.1) is 6.92 Å². The SMILES string of the molecule is C=C/C=C\c1c(CC(C)NC(=O)c2cnc(N3CCN(CC(F)(F)F)CC3)o2)c[nH]c1C. The van der Waals surface area contributed by atoms with E-state index < -0.39 is 12.7 Å². The highest BCUT2D eigenvalue weighted by atomic mass is 19.4. The first-order valence-electron chi connectivity index (χ1n) is 10.4. The molecule has 3 heterocycles. The second-order valence-electron chi connectivity index (χ2n) is 7.91. The second-order valence-corrected chi connectivity index (χ2v) is 7.91. The molecule has 0 aliphatic carbocycles. The lowest BCUT2D eigenvalue weighted by Crippen LogP contribution is -2.49. The summed E-state index contributed by atoms with van der Waals surface area (Å²) in [6, 6.07) is 0.0839. The number of carbonyl (C=O) groups is 1. The lowest BCUT2D eigenvalue weighted by atomic mass is 10.0. The number of piperazine rings is 1. The summed E-state index contributed by atoms with van der Waals surface area (Å²) >= 11 is 0. The van der Waals surface area contributed by atoms with E-state index in [1.165, 1.54) is 11.1 Å². The number of carbonyl (C=O) groups excluding carboxylic acids is 1.